The van der Waals surface area contributed by atoms with Crippen molar-refractivity contribution in [3.8, 4) is 11.3 Å². The molecule has 2 heterocycles. The number of non-ortho nitro benzene ring substituents is 1. The van der Waals surface area contributed by atoms with Gasteiger partial charge in [0, 0.05) is 23.3 Å². The first-order valence-electron chi connectivity index (χ1n) is 7.98. The van der Waals surface area contributed by atoms with Crippen LogP contribution in [0, 0.1) is 10.1 Å². The molecular weight excluding hydrogens is 348 g/mol. The van der Waals surface area contributed by atoms with Gasteiger partial charge in [0.1, 0.15) is 11.5 Å². The van der Waals surface area contributed by atoms with E-state index in [4.69, 9.17) is 4.42 Å². The molecule has 1 aromatic heterocycles. The summed E-state index contributed by atoms with van der Waals surface area (Å²) in [5.74, 6) is 0.682. The van der Waals surface area contributed by atoms with Gasteiger partial charge in [0.2, 0.25) is 0 Å². The van der Waals surface area contributed by atoms with Crippen LogP contribution in [-0.2, 0) is 4.79 Å². The second-order valence-electron chi connectivity index (χ2n) is 5.70. The summed E-state index contributed by atoms with van der Waals surface area (Å²) in [5, 5.41) is 21.4. The Bertz CT molecular complexity index is 1100. The fourth-order valence-corrected chi connectivity index (χ4v) is 2.67. The summed E-state index contributed by atoms with van der Waals surface area (Å²) < 4.78 is 5.64. The number of nitrogens with zero attached hydrogens (tertiary/aromatic N) is 3. The maximum absolute atomic E-state index is 12.0. The van der Waals surface area contributed by atoms with Crippen molar-refractivity contribution in [2.45, 2.75) is 0 Å². The lowest BCUT2D eigenvalue weighted by molar-refractivity contribution is -0.384. The molecule has 3 aromatic rings. The first-order valence-corrected chi connectivity index (χ1v) is 7.98. The molecule has 0 saturated carbocycles. The van der Waals surface area contributed by atoms with Crippen LogP contribution in [0.25, 0.3) is 11.3 Å². The predicted octanol–water partition coefficient (Wildman–Crippen LogP) is 3.63. The number of rotatable bonds is 4. The van der Waals surface area contributed by atoms with E-state index in [2.05, 4.69) is 15.5 Å². The topological polar surface area (TPSA) is 110 Å². The van der Waals surface area contributed by atoms with Gasteiger partial charge in [0.25, 0.3) is 11.6 Å². The second-order valence-corrected chi connectivity index (χ2v) is 5.70. The zero-order valence-corrected chi connectivity index (χ0v) is 13.8. The molecule has 1 aliphatic heterocycles. The van der Waals surface area contributed by atoms with Crippen molar-refractivity contribution in [2.24, 2.45) is 10.2 Å². The van der Waals surface area contributed by atoms with Gasteiger partial charge < -0.3 is 9.73 Å². The van der Waals surface area contributed by atoms with Crippen LogP contribution in [0.2, 0.25) is 0 Å². The van der Waals surface area contributed by atoms with Crippen LogP contribution in [0.15, 0.2) is 75.3 Å². The summed E-state index contributed by atoms with van der Waals surface area (Å²) in [6, 6.07) is 16.7. The van der Waals surface area contributed by atoms with E-state index in [0.29, 0.717) is 28.3 Å². The summed E-state index contributed by atoms with van der Waals surface area (Å²) in [5.41, 5.74) is 2.36. The standard InChI is InChI=1S/C19H12N4O4/c24-19-18(15-3-1-2-4-16(15)21-19)22-20-11-14-9-10-17(27-14)12-5-7-13(8-6-12)23(25)26/h1-11H,(H,21,22,24)/b20-11-. The Morgan fingerprint density at radius 2 is 1.81 bits per heavy atom. The monoisotopic (exact) mass is 360 g/mol. The first-order chi connectivity index (χ1) is 13.1. The van der Waals surface area contributed by atoms with E-state index in [-0.39, 0.29) is 17.3 Å². The summed E-state index contributed by atoms with van der Waals surface area (Å²) in [6.07, 6.45) is 1.40. The molecule has 0 saturated heterocycles. The van der Waals surface area contributed by atoms with E-state index in [1.54, 1.807) is 36.4 Å². The minimum absolute atomic E-state index is 0.0121. The number of nitro benzene ring substituents is 1. The third-order valence-electron chi connectivity index (χ3n) is 3.98. The van der Waals surface area contributed by atoms with Gasteiger partial charge in [-0.1, -0.05) is 18.2 Å². The fraction of sp³-hybridized carbons (Fsp3) is 0. The molecule has 1 amide bonds. The van der Waals surface area contributed by atoms with Crippen LogP contribution in [0.4, 0.5) is 11.4 Å². The van der Waals surface area contributed by atoms with Gasteiger partial charge in [-0.25, -0.2) is 0 Å². The summed E-state index contributed by atoms with van der Waals surface area (Å²) >= 11 is 0. The molecule has 0 spiro atoms. The molecule has 27 heavy (non-hydrogen) atoms. The van der Waals surface area contributed by atoms with Crippen LogP contribution < -0.4 is 5.32 Å². The number of benzene rings is 2. The normalized spacial score (nSPS) is 14.5. The molecule has 1 N–H and O–H groups in total. The Morgan fingerprint density at radius 1 is 1.04 bits per heavy atom. The van der Waals surface area contributed by atoms with Gasteiger partial charge >= 0.3 is 0 Å². The average molecular weight is 360 g/mol. The highest BCUT2D eigenvalue weighted by Crippen LogP contribution is 2.25. The van der Waals surface area contributed by atoms with Crippen LogP contribution in [0.1, 0.15) is 11.3 Å². The van der Waals surface area contributed by atoms with Crippen LogP contribution in [-0.4, -0.2) is 22.8 Å². The molecule has 8 heteroatoms. The molecule has 4 rings (SSSR count). The summed E-state index contributed by atoms with van der Waals surface area (Å²) in [4.78, 5) is 22.2. The third kappa shape index (κ3) is 3.23. The van der Waals surface area contributed by atoms with Crippen molar-refractivity contribution in [2.75, 3.05) is 5.32 Å². The Kier molecular flexibility index (Phi) is 4.06. The molecule has 0 bridgehead atoms. The Morgan fingerprint density at radius 3 is 2.59 bits per heavy atom. The number of carbonyl (C=O) groups excluding carboxylic acids is 1. The highest BCUT2D eigenvalue weighted by Gasteiger charge is 2.25. The number of nitrogens with one attached hydrogen (secondary N) is 1. The average Bonchev–Trinajstić information content (AvgIpc) is 3.27. The lowest BCUT2D eigenvalue weighted by atomic mass is 10.1. The zero-order chi connectivity index (χ0) is 18.8. The maximum atomic E-state index is 12.0. The molecule has 132 valence electrons. The van der Waals surface area contributed by atoms with E-state index in [0.717, 1.165) is 0 Å². The Hall–Kier alpha value is -4.07. The van der Waals surface area contributed by atoms with Crippen LogP contribution >= 0.6 is 0 Å². The molecule has 8 nitrogen and oxygen atoms in total. The van der Waals surface area contributed by atoms with Gasteiger partial charge in [-0.3, -0.25) is 14.9 Å². The smallest absolute Gasteiger partial charge is 0.276 e. The minimum Gasteiger partial charge on any atom is -0.455 e. The van der Waals surface area contributed by atoms with E-state index >= 15 is 0 Å². The number of nitro groups is 1. The number of amides is 1. The van der Waals surface area contributed by atoms with E-state index in [9.17, 15) is 14.9 Å². The Labute approximate surface area is 153 Å². The van der Waals surface area contributed by atoms with Crippen molar-refractivity contribution in [1.82, 2.24) is 0 Å². The lowest BCUT2D eigenvalue weighted by Crippen LogP contribution is -2.13. The minimum atomic E-state index is -0.458. The van der Waals surface area contributed by atoms with Crippen molar-refractivity contribution < 1.29 is 14.1 Å². The van der Waals surface area contributed by atoms with Crippen LogP contribution in [0.5, 0.6) is 0 Å². The number of furan rings is 1. The van der Waals surface area contributed by atoms with E-state index in [1.807, 2.05) is 12.1 Å². The summed E-state index contributed by atoms with van der Waals surface area (Å²) in [6.45, 7) is 0. The first kappa shape index (κ1) is 16.4. The molecule has 0 aliphatic carbocycles. The second kappa shape index (κ2) is 6.68. The largest absolute Gasteiger partial charge is 0.455 e. The molecule has 2 aromatic carbocycles. The van der Waals surface area contributed by atoms with E-state index in [1.165, 1.54) is 18.3 Å². The van der Waals surface area contributed by atoms with Crippen molar-refractivity contribution >= 4 is 29.2 Å². The Balaban J connectivity index is 1.53. The SMILES string of the molecule is O=C1Nc2ccccc2/C1=N\N=C/c1ccc(-c2ccc([N+](=O)[O-])cc2)o1. The fourth-order valence-electron chi connectivity index (χ4n) is 2.67. The molecule has 0 unspecified atom stereocenters. The maximum Gasteiger partial charge on any atom is 0.276 e. The quantitative estimate of drug-likeness (QED) is 0.435. The molecule has 1 aliphatic rings. The van der Waals surface area contributed by atoms with Crippen molar-refractivity contribution in [1.29, 1.82) is 0 Å². The number of anilines is 1. The highest BCUT2D eigenvalue weighted by molar-refractivity contribution is 6.53. The predicted molar refractivity (Wildman–Crippen MR) is 100 cm³/mol. The highest BCUT2D eigenvalue weighted by atomic mass is 16.6. The number of hydrogen-bond donors (Lipinski definition) is 1. The van der Waals surface area contributed by atoms with E-state index < -0.39 is 4.92 Å². The van der Waals surface area contributed by atoms with Gasteiger partial charge in [0.15, 0.2) is 5.71 Å². The third-order valence-corrected chi connectivity index (χ3v) is 3.98. The molecular formula is C19H12N4O4. The van der Waals surface area contributed by atoms with Crippen LogP contribution in [0.3, 0.4) is 0 Å². The number of fused-ring (bicyclic) bond motifs is 1. The van der Waals surface area contributed by atoms with Gasteiger partial charge in [0.05, 0.1) is 16.8 Å². The molecule has 0 radical (unpaired) electrons. The van der Waals surface area contributed by atoms with Gasteiger partial charge in [-0.05, 0) is 30.3 Å². The number of hydrogen-bond acceptors (Lipinski definition) is 6. The van der Waals surface area contributed by atoms with Gasteiger partial charge in [-0.2, -0.15) is 5.10 Å². The van der Waals surface area contributed by atoms with Crippen molar-refractivity contribution in [3.63, 3.8) is 0 Å². The zero-order valence-electron chi connectivity index (χ0n) is 13.8. The number of carbonyl (C=O) groups is 1. The molecule has 0 fully saturated rings. The lowest BCUT2D eigenvalue weighted by Gasteiger charge is -1.96. The molecule has 0 atom stereocenters. The van der Waals surface area contributed by atoms with Gasteiger partial charge in [-0.15, -0.1) is 5.10 Å². The number of para-hydroxylation sites is 1. The summed E-state index contributed by atoms with van der Waals surface area (Å²) in [7, 11) is 0. The van der Waals surface area contributed by atoms with Crippen molar-refractivity contribution in [3.05, 3.63) is 82.1 Å².